The number of anilines is 2. The summed E-state index contributed by atoms with van der Waals surface area (Å²) >= 11 is 6.23. The van der Waals surface area contributed by atoms with Gasteiger partial charge >= 0.3 is 6.03 Å². The van der Waals surface area contributed by atoms with Gasteiger partial charge in [-0.1, -0.05) is 54.1 Å². The van der Waals surface area contributed by atoms with Gasteiger partial charge in [0, 0.05) is 27.0 Å². The Morgan fingerprint density at radius 3 is 2.53 bits per heavy atom. The monoisotopic (exact) mass is 467 g/mol. The summed E-state index contributed by atoms with van der Waals surface area (Å²) in [6, 6.07) is 18.9. The highest BCUT2D eigenvalue weighted by atomic mass is 35.5. The summed E-state index contributed by atoms with van der Waals surface area (Å²) in [5.41, 5.74) is 2.00. The fourth-order valence-electron chi connectivity index (χ4n) is 3.75. The zero-order valence-corrected chi connectivity index (χ0v) is 18.2. The van der Waals surface area contributed by atoms with Crippen molar-refractivity contribution < 1.29 is 13.2 Å². The maximum Gasteiger partial charge on any atom is 0.322 e. The van der Waals surface area contributed by atoms with Crippen LogP contribution in [0.4, 0.5) is 16.3 Å². The van der Waals surface area contributed by atoms with Crippen molar-refractivity contribution in [3.8, 4) is 0 Å². The van der Waals surface area contributed by atoms with Crippen LogP contribution in [0.15, 0.2) is 71.6 Å². The van der Waals surface area contributed by atoms with E-state index in [2.05, 4.69) is 20.2 Å². The molecule has 32 heavy (non-hydrogen) atoms. The van der Waals surface area contributed by atoms with Crippen molar-refractivity contribution in [2.75, 3.05) is 10.0 Å². The number of nitrogens with one attached hydrogen (secondary N) is 3. The number of nitrogens with zero attached hydrogens (tertiary/aromatic N) is 2. The predicted molar refractivity (Wildman–Crippen MR) is 123 cm³/mol. The van der Waals surface area contributed by atoms with E-state index in [-0.39, 0.29) is 23.3 Å². The Labute approximate surface area is 189 Å². The molecule has 1 aliphatic heterocycles. The summed E-state index contributed by atoms with van der Waals surface area (Å²) in [6.07, 6.45) is 0. The Morgan fingerprint density at radius 2 is 1.72 bits per heavy atom. The van der Waals surface area contributed by atoms with Crippen LogP contribution in [0.25, 0.3) is 10.8 Å². The van der Waals surface area contributed by atoms with Crippen LogP contribution in [0.2, 0.25) is 5.02 Å². The van der Waals surface area contributed by atoms with Crippen molar-refractivity contribution in [1.82, 2.24) is 15.1 Å². The van der Waals surface area contributed by atoms with Crippen molar-refractivity contribution in [1.29, 1.82) is 0 Å². The Balaban J connectivity index is 1.38. The second-order valence-electron chi connectivity index (χ2n) is 7.38. The molecule has 0 radical (unpaired) electrons. The molecule has 0 aliphatic carbocycles. The minimum absolute atomic E-state index is 0.103. The molecule has 0 bridgehead atoms. The van der Waals surface area contributed by atoms with Gasteiger partial charge < -0.3 is 10.2 Å². The van der Waals surface area contributed by atoms with E-state index in [9.17, 15) is 13.2 Å². The van der Waals surface area contributed by atoms with E-state index in [1.807, 2.05) is 18.2 Å². The van der Waals surface area contributed by atoms with E-state index < -0.39 is 10.0 Å². The fourth-order valence-corrected chi connectivity index (χ4v) is 5.25. The van der Waals surface area contributed by atoms with Crippen molar-refractivity contribution in [3.05, 3.63) is 83.0 Å². The zero-order chi connectivity index (χ0) is 22.3. The number of sulfonamides is 1. The topological polar surface area (TPSA) is 107 Å². The molecular formula is C22H18ClN5O3S. The Morgan fingerprint density at radius 1 is 0.969 bits per heavy atom. The first-order valence-corrected chi connectivity index (χ1v) is 11.7. The standard InChI is InChI=1S/C22H18ClN5O3S/c23-18-10-4-9-16-15(18)8-5-11-20(16)32(30,31)27-21-17-12-28(13-19(17)25-26-21)22(29)24-14-6-2-1-3-7-14/h1-11H,12-13H2,(H,24,29)(H2,25,26,27). The van der Waals surface area contributed by atoms with Crippen LogP contribution in [0.3, 0.4) is 0 Å². The quantitative estimate of drug-likeness (QED) is 0.408. The number of rotatable bonds is 4. The van der Waals surface area contributed by atoms with Crippen LogP contribution in [0.1, 0.15) is 11.3 Å². The number of halogens is 1. The number of carbonyl (C=O) groups is 1. The van der Waals surface area contributed by atoms with Gasteiger partial charge in [0.2, 0.25) is 0 Å². The van der Waals surface area contributed by atoms with Gasteiger partial charge in [-0.3, -0.25) is 9.82 Å². The number of H-pyrrole nitrogens is 1. The number of aromatic nitrogens is 2. The molecule has 1 aliphatic rings. The number of hydrogen-bond acceptors (Lipinski definition) is 4. The van der Waals surface area contributed by atoms with E-state index in [1.165, 1.54) is 6.07 Å². The van der Waals surface area contributed by atoms with Crippen LogP contribution in [0.5, 0.6) is 0 Å². The van der Waals surface area contributed by atoms with Crippen molar-refractivity contribution in [2.24, 2.45) is 0 Å². The average molecular weight is 468 g/mol. The van der Waals surface area contributed by atoms with Gasteiger partial charge in [0.1, 0.15) is 0 Å². The first kappa shape index (κ1) is 20.3. The van der Waals surface area contributed by atoms with E-state index in [1.54, 1.807) is 47.4 Å². The van der Waals surface area contributed by atoms with E-state index >= 15 is 0 Å². The number of urea groups is 1. The number of aromatic amines is 1. The van der Waals surface area contributed by atoms with E-state index in [4.69, 9.17) is 11.6 Å². The summed E-state index contributed by atoms with van der Waals surface area (Å²) in [7, 11) is -3.94. The molecule has 0 spiro atoms. The second-order valence-corrected chi connectivity index (χ2v) is 9.44. The van der Waals surface area contributed by atoms with Crippen molar-refractivity contribution in [3.63, 3.8) is 0 Å². The normalized spacial score (nSPS) is 13.2. The number of fused-ring (bicyclic) bond motifs is 2. The second kappa shape index (κ2) is 7.85. The van der Waals surface area contributed by atoms with Gasteiger partial charge in [0.25, 0.3) is 10.0 Å². The number of carbonyl (C=O) groups excluding carboxylic acids is 1. The Hall–Kier alpha value is -3.56. The molecule has 2 amide bonds. The van der Waals surface area contributed by atoms with Gasteiger partial charge in [-0.05, 0) is 24.3 Å². The molecule has 4 aromatic rings. The fraction of sp³-hybridized carbons (Fsp3) is 0.0909. The number of amides is 2. The molecule has 3 aromatic carbocycles. The van der Waals surface area contributed by atoms with E-state index in [0.29, 0.717) is 39.3 Å². The molecule has 5 rings (SSSR count). The minimum Gasteiger partial charge on any atom is -0.314 e. The summed E-state index contributed by atoms with van der Waals surface area (Å²) in [5.74, 6) is 0.175. The maximum atomic E-state index is 13.2. The molecule has 8 nitrogen and oxygen atoms in total. The third kappa shape index (κ3) is 3.65. The molecule has 0 saturated carbocycles. The molecule has 10 heteroatoms. The number of hydrogen-bond donors (Lipinski definition) is 3. The predicted octanol–water partition coefficient (Wildman–Crippen LogP) is 4.56. The van der Waals surface area contributed by atoms with Gasteiger partial charge in [-0.15, -0.1) is 0 Å². The highest BCUT2D eigenvalue weighted by molar-refractivity contribution is 7.93. The van der Waals surface area contributed by atoms with Crippen LogP contribution in [0, 0.1) is 0 Å². The largest absolute Gasteiger partial charge is 0.322 e. The SMILES string of the molecule is O=C(Nc1ccccc1)N1Cc2[nH]nc(NS(=O)(=O)c3cccc4c(Cl)cccc34)c2C1. The minimum atomic E-state index is -3.94. The van der Waals surface area contributed by atoms with Gasteiger partial charge in [0.05, 0.1) is 23.7 Å². The van der Waals surface area contributed by atoms with Gasteiger partial charge in [0.15, 0.2) is 5.82 Å². The summed E-state index contributed by atoms with van der Waals surface area (Å²) in [4.78, 5) is 14.3. The lowest BCUT2D eigenvalue weighted by Crippen LogP contribution is -2.30. The molecule has 0 saturated heterocycles. The zero-order valence-electron chi connectivity index (χ0n) is 16.7. The van der Waals surface area contributed by atoms with Crippen molar-refractivity contribution in [2.45, 2.75) is 18.0 Å². The lowest BCUT2D eigenvalue weighted by atomic mass is 10.1. The molecule has 0 unspecified atom stereocenters. The average Bonchev–Trinajstić information content (AvgIpc) is 3.36. The Bertz CT molecular complexity index is 1440. The van der Waals surface area contributed by atoms with Gasteiger partial charge in [-0.25, -0.2) is 13.2 Å². The molecule has 0 fully saturated rings. The number of para-hydroxylation sites is 1. The molecule has 0 atom stereocenters. The first-order valence-electron chi connectivity index (χ1n) is 9.79. The molecule has 2 heterocycles. The smallest absolute Gasteiger partial charge is 0.314 e. The van der Waals surface area contributed by atoms with Gasteiger partial charge in [-0.2, -0.15) is 5.10 Å². The molecule has 1 aromatic heterocycles. The molecular weight excluding hydrogens is 450 g/mol. The van der Waals surface area contributed by atoms with Crippen LogP contribution in [-0.4, -0.2) is 29.5 Å². The van der Waals surface area contributed by atoms with E-state index in [0.717, 1.165) is 0 Å². The van der Waals surface area contributed by atoms with Crippen LogP contribution in [-0.2, 0) is 23.1 Å². The summed E-state index contributed by atoms with van der Waals surface area (Å²) in [6.45, 7) is 0.524. The van der Waals surface area contributed by atoms with Crippen LogP contribution >= 0.6 is 11.6 Å². The highest BCUT2D eigenvalue weighted by Gasteiger charge is 2.30. The molecule has 162 valence electrons. The Kier molecular flexibility index (Phi) is 4.99. The summed E-state index contributed by atoms with van der Waals surface area (Å²) < 4.78 is 28.9. The summed E-state index contributed by atoms with van der Waals surface area (Å²) in [5, 5.41) is 11.4. The lowest BCUT2D eigenvalue weighted by Gasteiger charge is -2.17. The van der Waals surface area contributed by atoms with Crippen LogP contribution < -0.4 is 10.0 Å². The first-order chi connectivity index (χ1) is 15.4. The lowest BCUT2D eigenvalue weighted by molar-refractivity contribution is 0.212. The number of benzene rings is 3. The third-order valence-electron chi connectivity index (χ3n) is 5.31. The highest BCUT2D eigenvalue weighted by Crippen LogP contribution is 2.32. The maximum absolute atomic E-state index is 13.2. The molecule has 3 N–H and O–H groups in total. The van der Waals surface area contributed by atoms with Crippen molar-refractivity contribution >= 4 is 49.9 Å². The third-order valence-corrected chi connectivity index (χ3v) is 7.04.